The van der Waals surface area contributed by atoms with E-state index in [1.54, 1.807) is 0 Å². The quantitative estimate of drug-likeness (QED) is 0.846. The minimum atomic E-state index is -0.581. The van der Waals surface area contributed by atoms with E-state index in [0.717, 1.165) is 18.4 Å². The van der Waals surface area contributed by atoms with Gasteiger partial charge in [0.25, 0.3) is 0 Å². The maximum absolute atomic E-state index is 6.91. The Labute approximate surface area is 131 Å². The van der Waals surface area contributed by atoms with Gasteiger partial charge >= 0.3 is 0 Å². The molecule has 4 rings (SSSR count). The summed E-state index contributed by atoms with van der Waals surface area (Å²) >= 11 is 0. The first-order valence-electron chi connectivity index (χ1n) is 7.73. The molecular formula is C20H20N2. The summed E-state index contributed by atoms with van der Waals surface area (Å²) < 4.78 is 0. The summed E-state index contributed by atoms with van der Waals surface area (Å²) in [6, 6.07) is 16.7. The molecule has 0 fully saturated rings. The van der Waals surface area contributed by atoms with E-state index in [4.69, 9.17) is 11.5 Å². The standard InChI is InChI=1S/C20H20N2/c21-19(13-11-15-6-1-2-8-17(15)14-19)20(22)12-5-9-16-7-3-4-10-18(16)20/h1-11,13H,12,14,21-22H2. The van der Waals surface area contributed by atoms with Gasteiger partial charge in [-0.1, -0.05) is 72.8 Å². The molecule has 110 valence electrons. The maximum atomic E-state index is 6.91. The van der Waals surface area contributed by atoms with E-state index in [0.29, 0.717) is 0 Å². The van der Waals surface area contributed by atoms with Crippen LogP contribution in [0.4, 0.5) is 0 Å². The van der Waals surface area contributed by atoms with Crippen molar-refractivity contribution in [3.8, 4) is 0 Å². The molecule has 2 aliphatic rings. The van der Waals surface area contributed by atoms with Crippen LogP contribution in [0, 0.1) is 0 Å². The topological polar surface area (TPSA) is 52.0 Å². The third-order valence-corrected chi connectivity index (χ3v) is 5.11. The highest BCUT2D eigenvalue weighted by atomic mass is 14.9. The van der Waals surface area contributed by atoms with Gasteiger partial charge in [0, 0.05) is 0 Å². The van der Waals surface area contributed by atoms with Gasteiger partial charge in [-0.15, -0.1) is 0 Å². The van der Waals surface area contributed by atoms with Gasteiger partial charge in [0.1, 0.15) is 0 Å². The molecule has 2 aromatic carbocycles. The van der Waals surface area contributed by atoms with Crippen molar-refractivity contribution in [2.75, 3.05) is 0 Å². The summed E-state index contributed by atoms with van der Waals surface area (Å²) in [6.45, 7) is 0. The molecule has 0 aromatic heterocycles. The summed E-state index contributed by atoms with van der Waals surface area (Å²) in [5.41, 5.74) is 17.4. The Morgan fingerprint density at radius 1 is 0.818 bits per heavy atom. The Morgan fingerprint density at radius 2 is 1.55 bits per heavy atom. The highest BCUT2D eigenvalue weighted by Crippen LogP contribution is 2.42. The minimum absolute atomic E-state index is 0.581. The van der Waals surface area contributed by atoms with Gasteiger partial charge in [-0.25, -0.2) is 0 Å². The molecule has 2 atom stereocenters. The monoisotopic (exact) mass is 288 g/mol. The van der Waals surface area contributed by atoms with Gasteiger partial charge in [-0.05, 0) is 35.1 Å². The average Bonchev–Trinajstić information content (AvgIpc) is 2.55. The molecule has 2 aromatic rings. The fraction of sp³-hybridized carbons (Fsp3) is 0.200. The first kappa shape index (κ1) is 13.5. The van der Waals surface area contributed by atoms with Crippen LogP contribution in [0.25, 0.3) is 12.2 Å². The molecule has 22 heavy (non-hydrogen) atoms. The molecular weight excluding hydrogens is 268 g/mol. The molecule has 0 saturated heterocycles. The lowest BCUT2D eigenvalue weighted by Crippen LogP contribution is -2.64. The summed E-state index contributed by atoms with van der Waals surface area (Å²) in [4.78, 5) is 0. The van der Waals surface area contributed by atoms with Crippen molar-refractivity contribution in [1.29, 1.82) is 0 Å². The predicted molar refractivity (Wildman–Crippen MR) is 92.1 cm³/mol. The zero-order chi connectivity index (χ0) is 15.2. The van der Waals surface area contributed by atoms with Gasteiger partial charge in [0.2, 0.25) is 0 Å². The number of hydrogen-bond acceptors (Lipinski definition) is 2. The average molecular weight is 288 g/mol. The van der Waals surface area contributed by atoms with Crippen molar-refractivity contribution >= 4 is 12.2 Å². The molecule has 0 saturated carbocycles. The smallest absolute Gasteiger partial charge is 0.0672 e. The van der Waals surface area contributed by atoms with E-state index in [2.05, 4.69) is 60.7 Å². The lowest BCUT2D eigenvalue weighted by molar-refractivity contribution is 0.270. The second-order valence-electron chi connectivity index (χ2n) is 6.41. The molecule has 0 amide bonds. The maximum Gasteiger partial charge on any atom is 0.0672 e. The van der Waals surface area contributed by atoms with E-state index in [1.807, 2.05) is 12.1 Å². The van der Waals surface area contributed by atoms with Crippen molar-refractivity contribution < 1.29 is 0 Å². The van der Waals surface area contributed by atoms with E-state index >= 15 is 0 Å². The number of rotatable bonds is 1. The molecule has 2 unspecified atom stereocenters. The number of benzene rings is 2. The first-order chi connectivity index (χ1) is 10.6. The molecule has 2 aliphatic carbocycles. The summed E-state index contributed by atoms with van der Waals surface area (Å²) in [7, 11) is 0. The second-order valence-corrected chi connectivity index (χ2v) is 6.41. The Balaban J connectivity index is 1.84. The first-order valence-corrected chi connectivity index (χ1v) is 7.73. The Kier molecular flexibility index (Phi) is 2.86. The van der Waals surface area contributed by atoms with Crippen molar-refractivity contribution in [2.24, 2.45) is 11.5 Å². The van der Waals surface area contributed by atoms with E-state index in [9.17, 15) is 0 Å². The molecule has 0 bridgehead atoms. The van der Waals surface area contributed by atoms with Crippen molar-refractivity contribution in [3.05, 3.63) is 82.9 Å². The van der Waals surface area contributed by atoms with Gasteiger partial charge in [-0.3, -0.25) is 0 Å². The highest BCUT2D eigenvalue weighted by molar-refractivity contribution is 5.64. The molecule has 0 heterocycles. The summed E-state index contributed by atoms with van der Waals surface area (Å²) in [5.74, 6) is 0. The molecule has 4 N–H and O–H groups in total. The largest absolute Gasteiger partial charge is 0.320 e. The van der Waals surface area contributed by atoms with Crippen LogP contribution in [0.2, 0.25) is 0 Å². The second kappa shape index (κ2) is 4.67. The summed E-state index contributed by atoms with van der Waals surface area (Å²) in [5, 5.41) is 0. The predicted octanol–water partition coefficient (Wildman–Crippen LogP) is 3.22. The van der Waals surface area contributed by atoms with Crippen molar-refractivity contribution in [3.63, 3.8) is 0 Å². The summed E-state index contributed by atoms with van der Waals surface area (Å²) in [6.07, 6.45) is 10.0. The zero-order valence-corrected chi connectivity index (χ0v) is 12.5. The SMILES string of the molecule is NC1(C2(N)CC=Cc3ccccc32)C=Cc2ccccc2C1. The normalized spacial score (nSPS) is 29.0. The lowest BCUT2D eigenvalue weighted by atomic mass is 9.64. The van der Waals surface area contributed by atoms with E-state index in [-0.39, 0.29) is 0 Å². The van der Waals surface area contributed by atoms with Gasteiger partial charge in [0.15, 0.2) is 0 Å². The molecule has 2 nitrogen and oxygen atoms in total. The van der Waals surface area contributed by atoms with Gasteiger partial charge < -0.3 is 11.5 Å². The number of hydrogen-bond donors (Lipinski definition) is 2. The van der Waals surface area contributed by atoms with Crippen LogP contribution in [0.5, 0.6) is 0 Å². The number of fused-ring (bicyclic) bond motifs is 2. The van der Waals surface area contributed by atoms with E-state index in [1.165, 1.54) is 16.7 Å². The third-order valence-electron chi connectivity index (χ3n) is 5.11. The Hall–Kier alpha value is -2.16. The molecule has 2 heteroatoms. The molecule has 0 spiro atoms. The van der Waals surface area contributed by atoms with Crippen molar-refractivity contribution in [1.82, 2.24) is 0 Å². The van der Waals surface area contributed by atoms with E-state index < -0.39 is 11.1 Å². The van der Waals surface area contributed by atoms with Crippen LogP contribution in [0.3, 0.4) is 0 Å². The fourth-order valence-corrected chi connectivity index (χ4v) is 3.75. The Bertz CT molecular complexity index is 790. The van der Waals surface area contributed by atoms with Gasteiger partial charge in [0.05, 0.1) is 11.1 Å². The van der Waals surface area contributed by atoms with Crippen LogP contribution in [0.15, 0.2) is 60.7 Å². The van der Waals surface area contributed by atoms with Gasteiger partial charge in [-0.2, -0.15) is 0 Å². The fourth-order valence-electron chi connectivity index (χ4n) is 3.75. The van der Waals surface area contributed by atoms with Crippen LogP contribution in [0.1, 0.15) is 28.7 Å². The zero-order valence-electron chi connectivity index (χ0n) is 12.5. The molecule has 0 aliphatic heterocycles. The Morgan fingerprint density at radius 3 is 2.41 bits per heavy atom. The van der Waals surface area contributed by atoms with Crippen LogP contribution >= 0.6 is 0 Å². The highest BCUT2D eigenvalue weighted by Gasteiger charge is 2.47. The van der Waals surface area contributed by atoms with Crippen LogP contribution in [-0.2, 0) is 12.0 Å². The third kappa shape index (κ3) is 1.81. The number of nitrogens with two attached hydrogens (primary N) is 2. The van der Waals surface area contributed by atoms with Crippen molar-refractivity contribution in [2.45, 2.75) is 23.9 Å². The lowest BCUT2D eigenvalue weighted by Gasteiger charge is -2.48. The van der Waals surface area contributed by atoms with Crippen LogP contribution in [-0.4, -0.2) is 5.54 Å². The minimum Gasteiger partial charge on any atom is -0.320 e. The molecule has 0 radical (unpaired) electrons. The van der Waals surface area contributed by atoms with Crippen LogP contribution < -0.4 is 11.5 Å².